The van der Waals surface area contributed by atoms with Gasteiger partial charge < -0.3 is 5.32 Å². The fraction of sp³-hybridized carbons (Fsp3) is 0.0476. The summed E-state index contributed by atoms with van der Waals surface area (Å²) in [6, 6.07) is 16.4. The molecule has 3 aromatic carbocycles. The molecule has 0 aromatic heterocycles. The van der Waals surface area contributed by atoms with E-state index in [1.54, 1.807) is 61.5 Å². The van der Waals surface area contributed by atoms with Gasteiger partial charge in [0, 0.05) is 22.4 Å². The highest BCUT2D eigenvalue weighted by Crippen LogP contribution is 2.33. The van der Waals surface area contributed by atoms with Crippen molar-refractivity contribution in [3.63, 3.8) is 0 Å². The molecule has 0 amide bonds. The molecule has 6 nitrogen and oxygen atoms in total. The average Bonchev–Trinajstić information content (AvgIpc) is 2.66. The molecular weight excluding hydrogens is 376 g/mol. The molecule has 0 atom stereocenters. The summed E-state index contributed by atoms with van der Waals surface area (Å²) in [6.45, 7) is 1.65. The van der Waals surface area contributed by atoms with Crippen LogP contribution in [0.3, 0.4) is 0 Å². The molecule has 0 bridgehead atoms. The summed E-state index contributed by atoms with van der Waals surface area (Å²) in [6.07, 6.45) is 0. The molecule has 0 saturated heterocycles. The first-order valence-electron chi connectivity index (χ1n) is 8.49. The van der Waals surface area contributed by atoms with Crippen molar-refractivity contribution < 1.29 is 18.0 Å². The van der Waals surface area contributed by atoms with Crippen molar-refractivity contribution in [2.24, 2.45) is 5.14 Å². The van der Waals surface area contributed by atoms with Crippen molar-refractivity contribution in [1.82, 2.24) is 0 Å². The molecule has 3 N–H and O–H groups in total. The third kappa shape index (κ3) is 2.90. The predicted octanol–water partition coefficient (Wildman–Crippen LogP) is 3.16. The zero-order valence-corrected chi connectivity index (χ0v) is 15.7. The normalized spacial score (nSPS) is 13.1. The maximum atomic E-state index is 13.0. The Morgan fingerprint density at radius 1 is 0.821 bits per heavy atom. The van der Waals surface area contributed by atoms with Crippen LogP contribution in [0, 0.1) is 6.92 Å². The van der Waals surface area contributed by atoms with Crippen molar-refractivity contribution in [1.29, 1.82) is 0 Å². The van der Waals surface area contributed by atoms with Gasteiger partial charge in [-0.25, -0.2) is 13.6 Å². The number of primary sulfonamides is 1. The van der Waals surface area contributed by atoms with Crippen LogP contribution in [-0.2, 0) is 10.0 Å². The van der Waals surface area contributed by atoms with E-state index >= 15 is 0 Å². The van der Waals surface area contributed by atoms with Crippen LogP contribution in [0.2, 0.25) is 0 Å². The first kappa shape index (κ1) is 18.1. The summed E-state index contributed by atoms with van der Waals surface area (Å²) >= 11 is 0. The van der Waals surface area contributed by atoms with Gasteiger partial charge in [-0.05, 0) is 30.7 Å². The van der Waals surface area contributed by atoms with Crippen LogP contribution in [0.25, 0.3) is 0 Å². The summed E-state index contributed by atoms with van der Waals surface area (Å²) in [7, 11) is -3.89. The number of rotatable bonds is 3. The third-order valence-corrected chi connectivity index (χ3v) is 5.78. The number of carbonyl (C=O) groups is 2. The summed E-state index contributed by atoms with van der Waals surface area (Å²) in [5, 5.41) is 8.33. The van der Waals surface area contributed by atoms with E-state index in [4.69, 9.17) is 5.14 Å². The molecule has 140 valence electrons. The summed E-state index contributed by atoms with van der Waals surface area (Å²) in [4.78, 5) is 25.8. The second-order valence-corrected chi connectivity index (χ2v) is 8.11. The highest BCUT2D eigenvalue weighted by atomic mass is 32.2. The predicted molar refractivity (Wildman–Crippen MR) is 106 cm³/mol. The smallest absolute Gasteiger partial charge is 0.238 e. The Labute approximate surface area is 162 Å². The molecule has 0 unspecified atom stereocenters. The molecule has 0 saturated carbocycles. The van der Waals surface area contributed by atoms with E-state index in [0.29, 0.717) is 33.6 Å². The first-order chi connectivity index (χ1) is 13.3. The number of benzene rings is 3. The fourth-order valence-corrected chi connectivity index (χ4v) is 4.20. The standard InChI is InChI=1S/C21H16N2O4S/c1-12-9-10-13(11-18(12)28(22,26)27)23-17-8-4-7-16-19(17)21(25)15-6-3-2-5-14(15)20(16)24/h2-11,23H,1H3,(H2,22,26,27). The van der Waals surface area contributed by atoms with Crippen molar-refractivity contribution in [3.05, 3.63) is 88.5 Å². The lowest BCUT2D eigenvalue weighted by atomic mass is 9.83. The number of carbonyl (C=O) groups excluding carboxylic acids is 2. The second kappa shape index (κ2) is 6.40. The maximum Gasteiger partial charge on any atom is 0.238 e. The minimum Gasteiger partial charge on any atom is -0.355 e. The number of hydrogen-bond donors (Lipinski definition) is 2. The van der Waals surface area contributed by atoms with Crippen LogP contribution in [0.1, 0.15) is 37.4 Å². The fourth-order valence-electron chi connectivity index (χ4n) is 3.39. The van der Waals surface area contributed by atoms with Gasteiger partial charge in [0.05, 0.1) is 16.1 Å². The lowest BCUT2D eigenvalue weighted by Crippen LogP contribution is -2.22. The van der Waals surface area contributed by atoms with Crippen molar-refractivity contribution in [2.45, 2.75) is 11.8 Å². The van der Waals surface area contributed by atoms with E-state index in [9.17, 15) is 18.0 Å². The Morgan fingerprint density at radius 2 is 1.46 bits per heavy atom. The van der Waals surface area contributed by atoms with E-state index in [-0.39, 0.29) is 22.0 Å². The van der Waals surface area contributed by atoms with Crippen LogP contribution in [0.5, 0.6) is 0 Å². The molecule has 0 fully saturated rings. The molecule has 4 rings (SSSR count). The molecule has 3 aromatic rings. The number of sulfonamides is 1. The summed E-state index contributed by atoms with van der Waals surface area (Å²) < 4.78 is 23.5. The van der Waals surface area contributed by atoms with Gasteiger partial charge in [0.15, 0.2) is 11.6 Å². The summed E-state index contributed by atoms with van der Waals surface area (Å²) in [5.41, 5.74) is 2.70. The monoisotopic (exact) mass is 392 g/mol. The zero-order valence-electron chi connectivity index (χ0n) is 14.9. The van der Waals surface area contributed by atoms with E-state index in [0.717, 1.165) is 0 Å². The van der Waals surface area contributed by atoms with Crippen LogP contribution in [0.4, 0.5) is 11.4 Å². The van der Waals surface area contributed by atoms with Gasteiger partial charge in [0.25, 0.3) is 0 Å². The third-order valence-electron chi connectivity index (χ3n) is 4.73. The molecule has 0 aliphatic heterocycles. The number of nitrogens with one attached hydrogen (secondary N) is 1. The Morgan fingerprint density at radius 3 is 2.14 bits per heavy atom. The highest BCUT2D eigenvalue weighted by molar-refractivity contribution is 7.89. The first-order valence-corrected chi connectivity index (χ1v) is 10.0. The lowest BCUT2D eigenvalue weighted by Gasteiger charge is -2.21. The molecular formula is C21H16N2O4S. The van der Waals surface area contributed by atoms with Gasteiger partial charge >= 0.3 is 0 Å². The van der Waals surface area contributed by atoms with Crippen LogP contribution in [-0.4, -0.2) is 20.0 Å². The largest absolute Gasteiger partial charge is 0.355 e. The van der Waals surface area contributed by atoms with Crippen molar-refractivity contribution >= 4 is 33.0 Å². The number of nitrogens with two attached hydrogens (primary N) is 1. The molecule has 7 heteroatoms. The maximum absolute atomic E-state index is 13.0. The topological polar surface area (TPSA) is 106 Å². The van der Waals surface area contributed by atoms with Gasteiger partial charge in [-0.3, -0.25) is 9.59 Å². The molecule has 0 radical (unpaired) electrons. The Hall–Kier alpha value is -3.29. The van der Waals surface area contributed by atoms with Crippen molar-refractivity contribution in [3.8, 4) is 0 Å². The minimum absolute atomic E-state index is 0.00459. The Bertz CT molecular complexity index is 1260. The number of fused-ring (bicyclic) bond motifs is 2. The molecule has 1 aliphatic carbocycles. The van der Waals surface area contributed by atoms with Crippen LogP contribution in [0.15, 0.2) is 65.6 Å². The van der Waals surface area contributed by atoms with E-state index < -0.39 is 10.0 Å². The van der Waals surface area contributed by atoms with Crippen LogP contribution >= 0.6 is 0 Å². The molecule has 0 spiro atoms. The Balaban J connectivity index is 1.83. The molecule has 1 aliphatic rings. The number of aryl methyl sites for hydroxylation is 1. The van der Waals surface area contributed by atoms with Gasteiger partial charge in [-0.1, -0.05) is 42.5 Å². The molecule has 28 heavy (non-hydrogen) atoms. The number of anilines is 2. The van der Waals surface area contributed by atoms with E-state index in [2.05, 4.69) is 5.32 Å². The van der Waals surface area contributed by atoms with Crippen molar-refractivity contribution in [2.75, 3.05) is 5.32 Å². The average molecular weight is 392 g/mol. The van der Waals surface area contributed by atoms with E-state index in [1.165, 1.54) is 6.07 Å². The lowest BCUT2D eigenvalue weighted by molar-refractivity contribution is 0.0979. The highest BCUT2D eigenvalue weighted by Gasteiger charge is 2.31. The van der Waals surface area contributed by atoms with Gasteiger partial charge in [0.1, 0.15) is 0 Å². The van der Waals surface area contributed by atoms with Gasteiger partial charge in [-0.2, -0.15) is 0 Å². The quantitative estimate of drug-likeness (QED) is 0.557. The summed E-state index contributed by atoms with van der Waals surface area (Å²) in [5.74, 6) is -0.477. The zero-order chi connectivity index (χ0) is 20.1. The van der Waals surface area contributed by atoms with Gasteiger partial charge in [-0.15, -0.1) is 0 Å². The second-order valence-electron chi connectivity index (χ2n) is 6.58. The van der Waals surface area contributed by atoms with Gasteiger partial charge in [0.2, 0.25) is 10.0 Å². The van der Waals surface area contributed by atoms with E-state index in [1.807, 2.05) is 0 Å². The minimum atomic E-state index is -3.89. The number of ketones is 2. The number of hydrogen-bond acceptors (Lipinski definition) is 5. The molecule has 0 heterocycles. The Kier molecular flexibility index (Phi) is 4.14. The van der Waals surface area contributed by atoms with Crippen LogP contribution < -0.4 is 10.5 Å². The SMILES string of the molecule is Cc1ccc(Nc2cccc3c2C(=O)c2ccccc2C3=O)cc1S(N)(=O)=O.